The fourth-order valence-electron chi connectivity index (χ4n) is 2.78. The number of para-hydroxylation sites is 3. The van der Waals surface area contributed by atoms with E-state index in [2.05, 4.69) is 5.32 Å². The molecule has 2 aromatic carbocycles. The molecule has 0 fully saturated rings. The highest BCUT2D eigenvalue weighted by Crippen LogP contribution is 2.28. The molecule has 0 atom stereocenters. The Balaban J connectivity index is 2.07. The molecule has 0 aliphatic rings. The third kappa shape index (κ3) is 5.09. The van der Waals surface area contributed by atoms with Crippen molar-refractivity contribution in [2.24, 2.45) is 0 Å². The van der Waals surface area contributed by atoms with Crippen molar-refractivity contribution in [3.8, 4) is 5.75 Å². The smallest absolute Gasteiger partial charge is 0.226 e. The Kier molecular flexibility index (Phi) is 7.21. The Morgan fingerprint density at radius 1 is 1.04 bits per heavy atom. The molecule has 2 aromatic rings. The summed E-state index contributed by atoms with van der Waals surface area (Å²) in [6.45, 7) is 6.24. The van der Waals surface area contributed by atoms with E-state index in [1.807, 2.05) is 62.4 Å². The lowest BCUT2D eigenvalue weighted by molar-refractivity contribution is -0.117. The van der Waals surface area contributed by atoms with Gasteiger partial charge in [0.25, 0.3) is 0 Å². The van der Waals surface area contributed by atoms with E-state index < -0.39 is 0 Å². The van der Waals surface area contributed by atoms with Gasteiger partial charge in [-0.15, -0.1) is 0 Å². The second-order valence-corrected chi connectivity index (χ2v) is 5.88. The first kappa shape index (κ1) is 19.5. The zero-order valence-corrected chi connectivity index (χ0v) is 15.6. The highest BCUT2D eigenvalue weighted by atomic mass is 16.5. The number of rotatable bonds is 8. The third-order valence-corrected chi connectivity index (χ3v) is 4.07. The van der Waals surface area contributed by atoms with Gasteiger partial charge in [0.15, 0.2) is 0 Å². The van der Waals surface area contributed by atoms with E-state index in [0.29, 0.717) is 24.6 Å². The maximum absolute atomic E-state index is 12.4. The summed E-state index contributed by atoms with van der Waals surface area (Å²) in [7, 11) is 0. The SMILES string of the molecule is CCOc1ccccc1N(CCC(=O)Nc1ccccc1CC)C(C)=O. The van der Waals surface area contributed by atoms with Gasteiger partial charge in [0, 0.05) is 25.6 Å². The first-order chi connectivity index (χ1) is 12.6. The van der Waals surface area contributed by atoms with Gasteiger partial charge >= 0.3 is 0 Å². The van der Waals surface area contributed by atoms with Gasteiger partial charge in [-0.1, -0.05) is 37.3 Å². The van der Waals surface area contributed by atoms with E-state index in [9.17, 15) is 9.59 Å². The lowest BCUT2D eigenvalue weighted by Gasteiger charge is -2.23. The molecule has 0 saturated heterocycles. The zero-order valence-electron chi connectivity index (χ0n) is 15.6. The monoisotopic (exact) mass is 354 g/mol. The van der Waals surface area contributed by atoms with Crippen molar-refractivity contribution in [1.29, 1.82) is 0 Å². The Labute approximate surface area is 155 Å². The fraction of sp³-hybridized carbons (Fsp3) is 0.333. The summed E-state index contributed by atoms with van der Waals surface area (Å²) in [4.78, 5) is 26.1. The van der Waals surface area contributed by atoms with E-state index in [0.717, 1.165) is 17.7 Å². The maximum atomic E-state index is 12.4. The molecule has 0 radical (unpaired) electrons. The Morgan fingerprint density at radius 2 is 1.73 bits per heavy atom. The van der Waals surface area contributed by atoms with Crippen LogP contribution in [0, 0.1) is 0 Å². The van der Waals surface area contributed by atoms with E-state index in [-0.39, 0.29) is 18.2 Å². The first-order valence-corrected chi connectivity index (χ1v) is 8.94. The minimum Gasteiger partial charge on any atom is -0.492 e. The Morgan fingerprint density at radius 3 is 2.42 bits per heavy atom. The Hall–Kier alpha value is -2.82. The summed E-state index contributed by atoms with van der Waals surface area (Å²) >= 11 is 0. The molecule has 138 valence electrons. The molecule has 0 bridgehead atoms. The standard InChI is InChI=1S/C21H26N2O3/c1-4-17-10-6-7-11-18(17)22-21(25)14-15-23(16(3)24)19-12-8-9-13-20(19)26-5-2/h6-13H,4-5,14-15H2,1-3H3,(H,22,25). The number of aryl methyl sites for hydroxylation is 1. The normalized spacial score (nSPS) is 10.3. The predicted octanol–water partition coefficient (Wildman–Crippen LogP) is 4.03. The first-order valence-electron chi connectivity index (χ1n) is 8.94. The highest BCUT2D eigenvalue weighted by molar-refractivity contribution is 5.96. The molecule has 0 aliphatic heterocycles. The molecule has 0 aromatic heterocycles. The van der Waals surface area contributed by atoms with Crippen molar-refractivity contribution in [3.63, 3.8) is 0 Å². The van der Waals surface area contributed by atoms with Gasteiger partial charge in [-0.05, 0) is 37.1 Å². The van der Waals surface area contributed by atoms with Crippen molar-refractivity contribution >= 4 is 23.2 Å². The predicted molar refractivity (Wildman–Crippen MR) is 105 cm³/mol. The largest absolute Gasteiger partial charge is 0.492 e. The van der Waals surface area contributed by atoms with Crippen molar-refractivity contribution in [3.05, 3.63) is 54.1 Å². The second kappa shape index (κ2) is 9.61. The molecule has 0 aliphatic carbocycles. The lowest BCUT2D eigenvalue weighted by atomic mass is 10.1. The van der Waals surface area contributed by atoms with Crippen LogP contribution in [0.3, 0.4) is 0 Å². The lowest BCUT2D eigenvalue weighted by Crippen LogP contribution is -2.32. The van der Waals surface area contributed by atoms with E-state index >= 15 is 0 Å². The van der Waals surface area contributed by atoms with Crippen LogP contribution in [0.5, 0.6) is 5.75 Å². The molecule has 5 heteroatoms. The molecule has 26 heavy (non-hydrogen) atoms. The average Bonchev–Trinajstić information content (AvgIpc) is 2.63. The minimum absolute atomic E-state index is 0.119. The molecule has 2 amide bonds. The van der Waals surface area contributed by atoms with Gasteiger partial charge in [-0.2, -0.15) is 0 Å². The molecular formula is C21H26N2O3. The van der Waals surface area contributed by atoms with Gasteiger partial charge in [0.05, 0.1) is 12.3 Å². The number of carbonyl (C=O) groups is 2. The van der Waals surface area contributed by atoms with Crippen molar-refractivity contribution in [1.82, 2.24) is 0 Å². The van der Waals surface area contributed by atoms with Crippen LogP contribution in [-0.4, -0.2) is 25.0 Å². The number of amides is 2. The van der Waals surface area contributed by atoms with Crippen LogP contribution < -0.4 is 15.0 Å². The molecule has 5 nitrogen and oxygen atoms in total. The molecule has 2 rings (SSSR count). The number of nitrogens with one attached hydrogen (secondary N) is 1. The second-order valence-electron chi connectivity index (χ2n) is 5.88. The van der Waals surface area contributed by atoms with Gasteiger partial charge in [0.1, 0.15) is 5.75 Å². The van der Waals surface area contributed by atoms with Crippen molar-refractivity contribution in [2.75, 3.05) is 23.4 Å². The van der Waals surface area contributed by atoms with Crippen molar-refractivity contribution in [2.45, 2.75) is 33.6 Å². The van der Waals surface area contributed by atoms with Crippen LogP contribution in [0.2, 0.25) is 0 Å². The van der Waals surface area contributed by atoms with E-state index in [1.165, 1.54) is 6.92 Å². The molecule has 0 saturated carbocycles. The third-order valence-electron chi connectivity index (χ3n) is 4.07. The molecule has 0 unspecified atom stereocenters. The van der Waals surface area contributed by atoms with Crippen LogP contribution in [0.4, 0.5) is 11.4 Å². The van der Waals surface area contributed by atoms with Crippen LogP contribution >= 0.6 is 0 Å². The van der Waals surface area contributed by atoms with Gasteiger partial charge in [0.2, 0.25) is 11.8 Å². The van der Waals surface area contributed by atoms with Crippen LogP contribution in [0.1, 0.15) is 32.8 Å². The van der Waals surface area contributed by atoms with Crippen LogP contribution in [0.25, 0.3) is 0 Å². The summed E-state index contributed by atoms with van der Waals surface area (Å²) in [5.41, 5.74) is 2.60. The number of carbonyl (C=O) groups excluding carboxylic acids is 2. The summed E-state index contributed by atoms with van der Waals surface area (Å²) in [6, 6.07) is 15.1. The van der Waals surface area contributed by atoms with Gasteiger partial charge < -0.3 is 15.0 Å². The summed E-state index contributed by atoms with van der Waals surface area (Å²) in [5, 5.41) is 2.94. The minimum atomic E-state index is -0.126. The highest BCUT2D eigenvalue weighted by Gasteiger charge is 2.17. The number of hydrogen-bond acceptors (Lipinski definition) is 3. The van der Waals surface area contributed by atoms with Crippen LogP contribution in [0.15, 0.2) is 48.5 Å². The summed E-state index contributed by atoms with van der Waals surface area (Å²) < 4.78 is 5.61. The number of benzene rings is 2. The number of hydrogen-bond donors (Lipinski definition) is 1. The fourth-order valence-corrected chi connectivity index (χ4v) is 2.78. The molecule has 0 spiro atoms. The zero-order chi connectivity index (χ0) is 18.9. The topological polar surface area (TPSA) is 58.6 Å². The molecule has 0 heterocycles. The Bertz CT molecular complexity index is 758. The molecular weight excluding hydrogens is 328 g/mol. The van der Waals surface area contributed by atoms with Gasteiger partial charge in [-0.25, -0.2) is 0 Å². The van der Waals surface area contributed by atoms with E-state index in [4.69, 9.17) is 4.74 Å². The number of ether oxygens (including phenoxy) is 1. The number of nitrogens with zero attached hydrogens (tertiary/aromatic N) is 1. The van der Waals surface area contributed by atoms with Crippen LogP contribution in [-0.2, 0) is 16.0 Å². The van der Waals surface area contributed by atoms with Gasteiger partial charge in [-0.3, -0.25) is 9.59 Å². The van der Waals surface area contributed by atoms with Crippen molar-refractivity contribution < 1.29 is 14.3 Å². The van der Waals surface area contributed by atoms with E-state index in [1.54, 1.807) is 4.90 Å². The molecule has 1 N–H and O–H groups in total. The summed E-state index contributed by atoms with van der Waals surface area (Å²) in [5.74, 6) is 0.395. The average molecular weight is 354 g/mol. The number of anilines is 2. The quantitative estimate of drug-likeness (QED) is 0.779. The maximum Gasteiger partial charge on any atom is 0.226 e. The summed E-state index contributed by atoms with van der Waals surface area (Å²) in [6.07, 6.45) is 1.05.